The molecule has 1 fully saturated rings. The highest BCUT2D eigenvalue weighted by atomic mass is 16.4. The summed E-state index contributed by atoms with van der Waals surface area (Å²) in [5, 5.41) is 24.6. The van der Waals surface area contributed by atoms with Crippen LogP contribution >= 0.6 is 0 Å². The largest absolute Gasteiger partial charge is 0.508 e. The van der Waals surface area contributed by atoms with Gasteiger partial charge >= 0.3 is 5.97 Å². The molecule has 222 valence electrons. The van der Waals surface area contributed by atoms with Crippen molar-refractivity contribution in [1.82, 2.24) is 15.5 Å². The first-order valence-corrected chi connectivity index (χ1v) is 13.5. The summed E-state index contributed by atoms with van der Waals surface area (Å²) in [5.41, 5.74) is 22.9. The second kappa shape index (κ2) is 16.3. The molecule has 1 heterocycles. The highest BCUT2D eigenvalue weighted by Gasteiger charge is 2.38. The van der Waals surface area contributed by atoms with Crippen LogP contribution in [-0.4, -0.2) is 88.6 Å². The lowest BCUT2D eigenvalue weighted by Crippen LogP contribution is -2.57. The van der Waals surface area contributed by atoms with Gasteiger partial charge in [0.05, 0.1) is 6.04 Å². The van der Waals surface area contributed by atoms with E-state index in [1.807, 2.05) is 0 Å². The normalized spacial score (nSPS) is 16.9. The van der Waals surface area contributed by atoms with Crippen molar-refractivity contribution in [3.8, 4) is 5.75 Å². The molecule has 0 saturated carbocycles. The van der Waals surface area contributed by atoms with Gasteiger partial charge in [0.1, 0.15) is 23.9 Å². The number of aliphatic carboxylic acids is 1. The molecule has 4 atom stereocenters. The first-order chi connectivity index (χ1) is 19.0. The minimum Gasteiger partial charge on any atom is -0.508 e. The third kappa shape index (κ3) is 10.3. The monoisotopic (exact) mass is 562 g/mol. The molecule has 14 heteroatoms. The van der Waals surface area contributed by atoms with E-state index in [0.29, 0.717) is 50.6 Å². The quantitative estimate of drug-likeness (QED) is 0.0656. The summed E-state index contributed by atoms with van der Waals surface area (Å²) in [6.45, 7) is 0.933. The van der Waals surface area contributed by atoms with Crippen LogP contribution in [-0.2, 0) is 25.6 Å². The number of aromatic hydroxyl groups is 1. The molecule has 4 unspecified atom stereocenters. The maximum absolute atomic E-state index is 13.5. The number of unbranched alkanes of at least 4 members (excludes halogenated alkanes) is 1. The zero-order valence-electron chi connectivity index (χ0n) is 22.6. The van der Waals surface area contributed by atoms with Crippen molar-refractivity contribution < 1.29 is 29.4 Å². The first-order valence-electron chi connectivity index (χ1n) is 13.5. The van der Waals surface area contributed by atoms with Crippen LogP contribution in [0, 0.1) is 0 Å². The molecule has 12 N–H and O–H groups in total. The zero-order chi connectivity index (χ0) is 29.7. The van der Waals surface area contributed by atoms with Crippen LogP contribution in [0.25, 0.3) is 0 Å². The second-order valence-corrected chi connectivity index (χ2v) is 9.86. The summed E-state index contributed by atoms with van der Waals surface area (Å²) in [6, 6.07) is 2.10. The van der Waals surface area contributed by atoms with Crippen LogP contribution in [0.4, 0.5) is 0 Å². The van der Waals surface area contributed by atoms with Crippen LogP contribution in [0.3, 0.4) is 0 Å². The lowest BCUT2D eigenvalue weighted by Gasteiger charge is -2.29. The summed E-state index contributed by atoms with van der Waals surface area (Å²) >= 11 is 0. The Hall–Kier alpha value is -3.91. The molecule has 0 aromatic heterocycles. The number of amides is 3. The van der Waals surface area contributed by atoms with Crippen molar-refractivity contribution >= 4 is 29.7 Å². The van der Waals surface area contributed by atoms with E-state index in [-0.39, 0.29) is 37.6 Å². The smallest absolute Gasteiger partial charge is 0.326 e. The number of likely N-dealkylation sites (tertiary alicyclic amines) is 1. The fourth-order valence-corrected chi connectivity index (χ4v) is 4.52. The van der Waals surface area contributed by atoms with Crippen molar-refractivity contribution in [3.05, 3.63) is 29.8 Å². The van der Waals surface area contributed by atoms with Crippen molar-refractivity contribution in [3.63, 3.8) is 0 Å². The molecule has 3 amide bonds. The standard InChI is InChI=1S/C26H42N8O6/c27-12-2-1-5-18(28)22(36)32-19(6-3-13-31-26(29)30)23(37)33-20(15-16-8-10-17(35)11-9-16)24(38)34-14-4-7-21(34)25(39)40/h8-11,18-21,35H,1-7,12-15,27-28H2,(H,32,36)(H,33,37)(H,39,40)(H4,29,30,31). The number of hydrogen-bond acceptors (Lipinski definition) is 8. The summed E-state index contributed by atoms with van der Waals surface area (Å²) in [6.07, 6.45) is 3.13. The number of phenolic OH excluding ortho intramolecular Hbond substituents is 1. The summed E-state index contributed by atoms with van der Waals surface area (Å²) < 4.78 is 0. The van der Waals surface area contributed by atoms with Gasteiger partial charge in [0.15, 0.2) is 5.96 Å². The summed E-state index contributed by atoms with van der Waals surface area (Å²) in [4.78, 5) is 56.7. The average molecular weight is 563 g/mol. The Morgan fingerprint density at radius 2 is 1.68 bits per heavy atom. The fraction of sp³-hybridized carbons (Fsp3) is 0.577. The molecule has 1 aliphatic rings. The average Bonchev–Trinajstić information content (AvgIpc) is 3.41. The number of nitrogens with one attached hydrogen (secondary N) is 2. The second-order valence-electron chi connectivity index (χ2n) is 9.86. The molecule has 0 spiro atoms. The Labute approximate surface area is 233 Å². The predicted octanol–water partition coefficient (Wildman–Crippen LogP) is -1.51. The molecular formula is C26H42N8O6. The Kier molecular flexibility index (Phi) is 13.1. The van der Waals surface area contributed by atoms with Crippen LogP contribution < -0.4 is 33.6 Å². The molecule has 0 aliphatic carbocycles. The highest BCUT2D eigenvalue weighted by Crippen LogP contribution is 2.20. The van der Waals surface area contributed by atoms with E-state index in [9.17, 15) is 29.4 Å². The Morgan fingerprint density at radius 1 is 1.00 bits per heavy atom. The highest BCUT2D eigenvalue weighted by molar-refractivity contribution is 5.94. The van der Waals surface area contributed by atoms with E-state index >= 15 is 0 Å². The number of guanidine groups is 1. The van der Waals surface area contributed by atoms with Gasteiger partial charge in [0.2, 0.25) is 17.7 Å². The van der Waals surface area contributed by atoms with Crippen molar-refractivity contribution in [2.75, 3.05) is 19.6 Å². The third-order valence-corrected chi connectivity index (χ3v) is 6.70. The summed E-state index contributed by atoms with van der Waals surface area (Å²) in [5.74, 6) is -2.89. The van der Waals surface area contributed by atoms with Gasteiger partial charge in [-0.15, -0.1) is 0 Å². The van der Waals surface area contributed by atoms with Gasteiger partial charge in [-0.1, -0.05) is 18.6 Å². The van der Waals surface area contributed by atoms with Gasteiger partial charge < -0.3 is 48.7 Å². The van der Waals surface area contributed by atoms with Crippen LogP contribution in [0.2, 0.25) is 0 Å². The van der Waals surface area contributed by atoms with Crippen LogP contribution in [0.15, 0.2) is 29.3 Å². The lowest BCUT2D eigenvalue weighted by atomic mass is 10.0. The SMILES string of the molecule is NCCCCC(N)C(=O)NC(CCCN=C(N)N)C(=O)NC(Cc1ccc(O)cc1)C(=O)N1CCCC1C(=O)O. The Balaban J connectivity index is 2.24. The maximum Gasteiger partial charge on any atom is 0.326 e. The van der Waals surface area contributed by atoms with Crippen LogP contribution in [0.1, 0.15) is 50.5 Å². The number of carboxylic acid groups (broad SMARTS) is 1. The van der Waals surface area contributed by atoms with Gasteiger partial charge in [-0.3, -0.25) is 19.4 Å². The van der Waals surface area contributed by atoms with E-state index in [0.717, 1.165) is 0 Å². The van der Waals surface area contributed by atoms with Gasteiger partial charge in [-0.25, -0.2) is 4.79 Å². The first kappa shape index (κ1) is 32.3. The van der Waals surface area contributed by atoms with E-state index in [4.69, 9.17) is 22.9 Å². The molecular weight excluding hydrogens is 520 g/mol. The van der Waals surface area contributed by atoms with Gasteiger partial charge in [0, 0.05) is 19.5 Å². The number of hydrogen-bond donors (Lipinski definition) is 8. The van der Waals surface area contributed by atoms with Gasteiger partial charge in [-0.2, -0.15) is 0 Å². The molecule has 1 saturated heterocycles. The van der Waals surface area contributed by atoms with Crippen molar-refractivity contribution in [2.24, 2.45) is 27.9 Å². The topological polar surface area (TPSA) is 252 Å². The number of phenols is 1. The van der Waals surface area contributed by atoms with Crippen LogP contribution in [0.5, 0.6) is 5.75 Å². The van der Waals surface area contributed by atoms with E-state index < -0.39 is 47.9 Å². The molecule has 1 aromatic rings. The molecule has 1 aliphatic heterocycles. The predicted molar refractivity (Wildman–Crippen MR) is 149 cm³/mol. The number of aliphatic imine (C=N–C) groups is 1. The lowest BCUT2D eigenvalue weighted by molar-refractivity contribution is -0.149. The third-order valence-electron chi connectivity index (χ3n) is 6.70. The number of carbonyl (C=O) groups excluding carboxylic acids is 3. The fourth-order valence-electron chi connectivity index (χ4n) is 4.52. The van der Waals surface area contributed by atoms with Gasteiger partial charge in [0.25, 0.3) is 0 Å². The number of carboxylic acids is 1. The number of nitrogens with zero attached hydrogens (tertiary/aromatic N) is 2. The van der Waals surface area contributed by atoms with Gasteiger partial charge in [-0.05, 0) is 62.8 Å². The molecule has 40 heavy (non-hydrogen) atoms. The van der Waals surface area contributed by atoms with E-state index in [1.54, 1.807) is 12.1 Å². The van der Waals surface area contributed by atoms with Crippen molar-refractivity contribution in [2.45, 2.75) is 75.5 Å². The van der Waals surface area contributed by atoms with Crippen molar-refractivity contribution in [1.29, 1.82) is 0 Å². The Morgan fingerprint density at radius 3 is 2.30 bits per heavy atom. The number of benzene rings is 1. The van der Waals surface area contributed by atoms with E-state index in [2.05, 4.69) is 15.6 Å². The van der Waals surface area contributed by atoms with E-state index in [1.165, 1.54) is 17.0 Å². The zero-order valence-corrected chi connectivity index (χ0v) is 22.6. The molecule has 14 nitrogen and oxygen atoms in total. The molecule has 2 rings (SSSR count). The number of nitrogens with two attached hydrogens (primary N) is 4. The Bertz CT molecular complexity index is 1030. The summed E-state index contributed by atoms with van der Waals surface area (Å²) in [7, 11) is 0. The maximum atomic E-state index is 13.5. The number of carbonyl (C=O) groups is 4. The molecule has 0 radical (unpaired) electrons. The minimum absolute atomic E-state index is 0.0347. The molecule has 0 bridgehead atoms. The molecule has 1 aromatic carbocycles. The minimum atomic E-state index is -1.12. The number of rotatable bonds is 16.